The molecule has 0 saturated carbocycles. The van der Waals surface area contributed by atoms with Gasteiger partial charge in [-0.15, -0.1) is 11.3 Å². The molecule has 3 heterocycles. The first-order valence-corrected chi connectivity index (χ1v) is 8.91. The van der Waals surface area contributed by atoms with Gasteiger partial charge in [-0.25, -0.2) is 0 Å². The number of rotatable bonds is 4. The van der Waals surface area contributed by atoms with E-state index in [1.807, 2.05) is 25.1 Å². The Morgan fingerprint density at radius 2 is 2.04 bits per heavy atom. The van der Waals surface area contributed by atoms with Crippen LogP contribution in [-0.2, 0) is 4.79 Å². The number of carbonyl (C=O) groups excluding carboxylic acids is 2. The zero-order chi connectivity index (χ0) is 18.3. The molecule has 1 aromatic carbocycles. The molecule has 4 rings (SSSR count). The van der Waals surface area contributed by atoms with Gasteiger partial charge in [0.25, 0.3) is 5.91 Å². The molecule has 0 spiro atoms. The van der Waals surface area contributed by atoms with Gasteiger partial charge in [0.15, 0.2) is 5.76 Å². The summed E-state index contributed by atoms with van der Waals surface area (Å²) < 4.78 is 5.51. The van der Waals surface area contributed by atoms with Crippen LogP contribution in [0.3, 0.4) is 0 Å². The predicted octanol–water partition coefficient (Wildman–Crippen LogP) is 4.43. The van der Waals surface area contributed by atoms with Gasteiger partial charge in [-0.1, -0.05) is 18.2 Å². The molecule has 6 heteroatoms. The molecule has 1 N–H and O–H groups in total. The van der Waals surface area contributed by atoms with E-state index >= 15 is 0 Å². The van der Waals surface area contributed by atoms with Crippen LogP contribution >= 0.6 is 11.3 Å². The summed E-state index contributed by atoms with van der Waals surface area (Å²) in [6.07, 6.45) is 1.48. The van der Waals surface area contributed by atoms with Gasteiger partial charge in [-0.05, 0) is 48.2 Å². The lowest BCUT2D eigenvalue weighted by Gasteiger charge is -2.25. The fraction of sp³-hybridized carbons (Fsp3) is 0.100. The second-order valence-electron chi connectivity index (χ2n) is 6.00. The minimum Gasteiger partial charge on any atom is -0.503 e. The van der Waals surface area contributed by atoms with Crippen LogP contribution in [0.4, 0.5) is 5.69 Å². The summed E-state index contributed by atoms with van der Waals surface area (Å²) in [6.45, 7) is 1.91. The van der Waals surface area contributed by atoms with Gasteiger partial charge < -0.3 is 9.52 Å². The van der Waals surface area contributed by atoms with E-state index in [0.717, 1.165) is 5.56 Å². The number of aliphatic hydroxyl groups is 1. The summed E-state index contributed by atoms with van der Waals surface area (Å²) in [5, 5.41) is 12.3. The van der Waals surface area contributed by atoms with E-state index in [1.165, 1.54) is 22.5 Å². The van der Waals surface area contributed by atoms with Crippen LogP contribution in [0, 0.1) is 6.92 Å². The maximum Gasteiger partial charge on any atom is 0.294 e. The molecule has 0 radical (unpaired) electrons. The van der Waals surface area contributed by atoms with Gasteiger partial charge in [0.1, 0.15) is 11.8 Å². The van der Waals surface area contributed by atoms with Crippen LogP contribution < -0.4 is 4.90 Å². The molecule has 3 aromatic rings. The van der Waals surface area contributed by atoms with Crippen LogP contribution in [0.25, 0.3) is 0 Å². The second kappa shape index (κ2) is 6.31. The summed E-state index contributed by atoms with van der Waals surface area (Å²) >= 11 is 1.26. The first-order valence-electron chi connectivity index (χ1n) is 8.03. The monoisotopic (exact) mass is 365 g/mol. The number of aliphatic hydroxyl groups excluding tert-OH is 1. The quantitative estimate of drug-likeness (QED) is 0.694. The molecule has 2 aromatic heterocycles. The molecule has 5 nitrogen and oxygen atoms in total. The number of anilines is 1. The van der Waals surface area contributed by atoms with E-state index in [-0.39, 0.29) is 11.4 Å². The molecule has 0 aliphatic carbocycles. The van der Waals surface area contributed by atoms with Crippen molar-refractivity contribution in [1.82, 2.24) is 0 Å². The lowest BCUT2D eigenvalue weighted by atomic mass is 10.00. The molecule has 130 valence electrons. The van der Waals surface area contributed by atoms with Crippen LogP contribution in [-0.4, -0.2) is 16.8 Å². The lowest BCUT2D eigenvalue weighted by molar-refractivity contribution is -0.117. The van der Waals surface area contributed by atoms with Crippen molar-refractivity contribution in [3.63, 3.8) is 0 Å². The number of hydrogen-bond donors (Lipinski definition) is 1. The summed E-state index contributed by atoms with van der Waals surface area (Å²) in [5.74, 6) is -1.10. The third-order valence-electron chi connectivity index (χ3n) is 4.29. The van der Waals surface area contributed by atoms with Crippen molar-refractivity contribution in [2.45, 2.75) is 13.0 Å². The molecule has 1 unspecified atom stereocenters. The highest BCUT2D eigenvalue weighted by Gasteiger charge is 2.46. The van der Waals surface area contributed by atoms with Crippen molar-refractivity contribution in [3.8, 4) is 0 Å². The molecule has 0 saturated heterocycles. The maximum absolute atomic E-state index is 13.0. The number of nitrogens with zero attached hydrogens (tertiary/aromatic N) is 1. The minimum absolute atomic E-state index is 0.0360. The van der Waals surface area contributed by atoms with Crippen molar-refractivity contribution in [2.75, 3.05) is 4.90 Å². The van der Waals surface area contributed by atoms with Crippen molar-refractivity contribution in [2.24, 2.45) is 0 Å². The highest BCUT2D eigenvalue weighted by Crippen LogP contribution is 2.42. The van der Waals surface area contributed by atoms with Gasteiger partial charge in [0, 0.05) is 5.69 Å². The SMILES string of the molecule is Cc1cccc(N2C(=O)C(O)=C(C(=O)c3cccs3)C2c2ccco2)c1. The third-order valence-corrected chi connectivity index (χ3v) is 5.16. The number of Topliss-reactive ketones (excluding diaryl/α,β-unsaturated/α-hetero) is 1. The number of benzene rings is 1. The van der Waals surface area contributed by atoms with Gasteiger partial charge >= 0.3 is 0 Å². The number of furan rings is 1. The molecule has 0 bridgehead atoms. The van der Waals surface area contributed by atoms with Gasteiger partial charge in [0.05, 0.1) is 16.7 Å². The smallest absolute Gasteiger partial charge is 0.294 e. The average molecular weight is 365 g/mol. The fourth-order valence-electron chi connectivity index (χ4n) is 3.14. The van der Waals surface area contributed by atoms with Crippen LogP contribution in [0.15, 0.2) is 75.9 Å². The Balaban J connectivity index is 1.87. The lowest BCUT2D eigenvalue weighted by Crippen LogP contribution is -2.30. The topological polar surface area (TPSA) is 70.8 Å². The number of hydrogen-bond acceptors (Lipinski definition) is 5. The summed E-state index contributed by atoms with van der Waals surface area (Å²) in [5.41, 5.74) is 1.59. The van der Waals surface area contributed by atoms with E-state index in [4.69, 9.17) is 4.42 Å². The molecular formula is C20H15NO4S. The Morgan fingerprint density at radius 3 is 2.69 bits per heavy atom. The number of thiophene rings is 1. The van der Waals surface area contributed by atoms with E-state index in [0.29, 0.717) is 16.3 Å². The first kappa shape index (κ1) is 16.4. The Labute approximate surface area is 153 Å². The molecule has 0 fully saturated rings. The highest BCUT2D eigenvalue weighted by atomic mass is 32.1. The second-order valence-corrected chi connectivity index (χ2v) is 6.95. The minimum atomic E-state index is -0.811. The molecule has 26 heavy (non-hydrogen) atoms. The van der Waals surface area contributed by atoms with Crippen LogP contribution in [0.1, 0.15) is 27.0 Å². The van der Waals surface area contributed by atoms with E-state index in [1.54, 1.807) is 35.7 Å². The zero-order valence-electron chi connectivity index (χ0n) is 13.9. The number of amides is 1. The van der Waals surface area contributed by atoms with Gasteiger partial charge in [0.2, 0.25) is 5.78 Å². The zero-order valence-corrected chi connectivity index (χ0v) is 14.7. The summed E-state index contributed by atoms with van der Waals surface area (Å²) in [6, 6.07) is 13.3. The summed E-state index contributed by atoms with van der Waals surface area (Å²) in [4.78, 5) is 27.7. The number of ketones is 1. The van der Waals surface area contributed by atoms with Gasteiger partial charge in [-0.3, -0.25) is 14.5 Å². The third kappa shape index (κ3) is 2.55. The van der Waals surface area contributed by atoms with Crippen molar-refractivity contribution >= 4 is 28.7 Å². The largest absolute Gasteiger partial charge is 0.503 e. The number of carbonyl (C=O) groups is 2. The Bertz CT molecular complexity index is 1000. The number of aryl methyl sites for hydroxylation is 1. The molecule has 1 aliphatic heterocycles. The van der Waals surface area contributed by atoms with Crippen molar-refractivity contribution in [3.05, 3.63) is 87.7 Å². The normalized spacial score (nSPS) is 17.2. The van der Waals surface area contributed by atoms with Gasteiger partial charge in [-0.2, -0.15) is 0 Å². The predicted molar refractivity (Wildman–Crippen MR) is 98.4 cm³/mol. The first-order chi connectivity index (χ1) is 12.6. The maximum atomic E-state index is 13.0. The Kier molecular flexibility index (Phi) is 3.97. The fourth-order valence-corrected chi connectivity index (χ4v) is 3.82. The molecule has 1 atom stereocenters. The Hall–Kier alpha value is -3.12. The van der Waals surface area contributed by atoms with Crippen molar-refractivity contribution in [1.29, 1.82) is 0 Å². The Morgan fingerprint density at radius 1 is 1.19 bits per heavy atom. The van der Waals surface area contributed by atoms with Crippen LogP contribution in [0.5, 0.6) is 0 Å². The van der Waals surface area contributed by atoms with E-state index in [9.17, 15) is 14.7 Å². The van der Waals surface area contributed by atoms with Crippen molar-refractivity contribution < 1.29 is 19.1 Å². The average Bonchev–Trinajstić information content (AvgIpc) is 3.36. The molecule has 1 amide bonds. The van der Waals surface area contributed by atoms with E-state index in [2.05, 4.69) is 0 Å². The highest BCUT2D eigenvalue weighted by molar-refractivity contribution is 7.12. The molecular weight excluding hydrogens is 350 g/mol. The standard InChI is InChI=1S/C20H15NO4S/c1-12-5-2-6-13(11-12)21-17(14-7-3-9-25-14)16(19(23)20(21)24)18(22)15-8-4-10-26-15/h2-11,17,23H,1H3. The van der Waals surface area contributed by atoms with E-state index < -0.39 is 17.7 Å². The molecule has 1 aliphatic rings. The van der Waals surface area contributed by atoms with Crippen LogP contribution in [0.2, 0.25) is 0 Å². The summed E-state index contributed by atoms with van der Waals surface area (Å²) in [7, 11) is 0.